The second kappa shape index (κ2) is 4.46. The van der Waals surface area contributed by atoms with E-state index in [4.69, 9.17) is 11.5 Å². The number of hydrogen-bond acceptors (Lipinski definition) is 5. The maximum absolute atomic E-state index is 11.3. The highest BCUT2D eigenvalue weighted by Gasteiger charge is 2.14. The topological polar surface area (TPSA) is 99.8 Å². The standard InChI is InChI=1S/C10H11N5OS/c1-15-5-13-14-10(15)17-8-6(9(12)16)3-2-4-7(8)11/h2-5H,11H2,1H3,(H2,12,16). The van der Waals surface area contributed by atoms with Crippen LogP contribution in [0.5, 0.6) is 0 Å². The second-order valence-corrected chi connectivity index (χ2v) is 4.39. The van der Waals surface area contributed by atoms with Gasteiger partial charge in [-0.05, 0) is 23.9 Å². The summed E-state index contributed by atoms with van der Waals surface area (Å²) in [6.07, 6.45) is 1.57. The summed E-state index contributed by atoms with van der Waals surface area (Å²) in [4.78, 5) is 11.9. The highest BCUT2D eigenvalue weighted by Crippen LogP contribution is 2.33. The minimum absolute atomic E-state index is 0.387. The molecule has 17 heavy (non-hydrogen) atoms. The molecule has 2 aromatic rings. The Morgan fingerprint density at radius 1 is 1.47 bits per heavy atom. The van der Waals surface area contributed by atoms with E-state index in [0.717, 1.165) is 0 Å². The van der Waals surface area contributed by atoms with Crippen molar-refractivity contribution in [1.29, 1.82) is 0 Å². The summed E-state index contributed by atoms with van der Waals surface area (Å²) in [6, 6.07) is 5.04. The fraction of sp³-hybridized carbons (Fsp3) is 0.100. The molecule has 0 aliphatic carbocycles. The molecule has 1 aromatic heterocycles. The van der Waals surface area contributed by atoms with Gasteiger partial charge in [0.2, 0.25) is 5.91 Å². The van der Waals surface area contributed by atoms with Crippen molar-refractivity contribution in [1.82, 2.24) is 14.8 Å². The molecule has 6 nitrogen and oxygen atoms in total. The van der Waals surface area contributed by atoms with E-state index < -0.39 is 5.91 Å². The van der Waals surface area contributed by atoms with Crippen LogP contribution in [0, 0.1) is 0 Å². The molecule has 0 bridgehead atoms. The van der Waals surface area contributed by atoms with Gasteiger partial charge in [-0.2, -0.15) is 0 Å². The van der Waals surface area contributed by atoms with Crippen molar-refractivity contribution in [2.24, 2.45) is 12.8 Å². The van der Waals surface area contributed by atoms with E-state index in [1.807, 2.05) is 7.05 Å². The Hall–Kier alpha value is -2.02. The molecule has 2 rings (SSSR count). The highest BCUT2D eigenvalue weighted by molar-refractivity contribution is 7.99. The first-order valence-electron chi connectivity index (χ1n) is 4.79. The van der Waals surface area contributed by atoms with Gasteiger partial charge in [0.1, 0.15) is 6.33 Å². The lowest BCUT2D eigenvalue weighted by molar-refractivity contribution is 0.0997. The van der Waals surface area contributed by atoms with E-state index in [2.05, 4.69) is 10.2 Å². The van der Waals surface area contributed by atoms with E-state index in [-0.39, 0.29) is 0 Å². The molecule has 0 atom stereocenters. The SMILES string of the molecule is Cn1cnnc1Sc1c(N)cccc1C(N)=O. The molecular weight excluding hydrogens is 238 g/mol. The zero-order valence-electron chi connectivity index (χ0n) is 9.12. The van der Waals surface area contributed by atoms with E-state index >= 15 is 0 Å². The van der Waals surface area contributed by atoms with Gasteiger partial charge >= 0.3 is 0 Å². The zero-order valence-corrected chi connectivity index (χ0v) is 9.94. The number of primary amides is 1. The van der Waals surface area contributed by atoms with Crippen LogP contribution < -0.4 is 11.5 Å². The minimum atomic E-state index is -0.512. The number of aryl methyl sites for hydroxylation is 1. The van der Waals surface area contributed by atoms with Crippen molar-refractivity contribution in [2.75, 3.05) is 5.73 Å². The van der Waals surface area contributed by atoms with Crippen molar-refractivity contribution >= 4 is 23.4 Å². The number of nitrogen functional groups attached to an aromatic ring is 1. The Morgan fingerprint density at radius 2 is 2.24 bits per heavy atom. The lowest BCUT2D eigenvalue weighted by Crippen LogP contribution is -2.13. The minimum Gasteiger partial charge on any atom is -0.398 e. The molecule has 0 aliphatic rings. The van der Waals surface area contributed by atoms with Crippen LogP contribution in [0.1, 0.15) is 10.4 Å². The molecule has 0 saturated heterocycles. The third-order valence-corrected chi connectivity index (χ3v) is 3.39. The molecule has 0 unspecified atom stereocenters. The number of carbonyl (C=O) groups excluding carboxylic acids is 1. The van der Waals surface area contributed by atoms with E-state index in [1.54, 1.807) is 29.1 Å². The number of amides is 1. The number of anilines is 1. The molecule has 0 aliphatic heterocycles. The number of hydrogen-bond donors (Lipinski definition) is 2. The van der Waals surface area contributed by atoms with Gasteiger partial charge < -0.3 is 16.0 Å². The number of benzene rings is 1. The maximum atomic E-state index is 11.3. The van der Waals surface area contributed by atoms with Crippen molar-refractivity contribution in [3.63, 3.8) is 0 Å². The van der Waals surface area contributed by atoms with E-state index in [1.165, 1.54) is 11.8 Å². The normalized spacial score (nSPS) is 10.4. The van der Waals surface area contributed by atoms with Gasteiger partial charge in [0.15, 0.2) is 5.16 Å². The first kappa shape index (κ1) is 11.5. The lowest BCUT2D eigenvalue weighted by atomic mass is 10.2. The second-order valence-electron chi connectivity index (χ2n) is 3.41. The average molecular weight is 249 g/mol. The maximum Gasteiger partial charge on any atom is 0.249 e. The molecule has 7 heteroatoms. The van der Waals surface area contributed by atoms with Gasteiger partial charge in [0.05, 0.1) is 10.5 Å². The summed E-state index contributed by atoms with van der Waals surface area (Å²) in [7, 11) is 1.81. The van der Waals surface area contributed by atoms with E-state index in [0.29, 0.717) is 21.3 Å². The smallest absolute Gasteiger partial charge is 0.249 e. The Balaban J connectivity index is 2.45. The molecule has 1 amide bonds. The van der Waals surface area contributed by atoms with Gasteiger partial charge in [-0.15, -0.1) is 10.2 Å². The van der Waals surface area contributed by atoms with Crippen LogP contribution in [0.4, 0.5) is 5.69 Å². The van der Waals surface area contributed by atoms with Crippen LogP contribution in [0.3, 0.4) is 0 Å². The molecule has 1 aromatic carbocycles. The molecule has 88 valence electrons. The van der Waals surface area contributed by atoms with Crippen LogP contribution >= 0.6 is 11.8 Å². The predicted molar refractivity (Wildman–Crippen MR) is 64.5 cm³/mol. The first-order chi connectivity index (χ1) is 8.09. The van der Waals surface area contributed by atoms with Gasteiger partial charge in [0, 0.05) is 12.7 Å². The summed E-state index contributed by atoms with van der Waals surface area (Å²) in [5.41, 5.74) is 12.0. The number of aromatic nitrogens is 3. The average Bonchev–Trinajstić information content (AvgIpc) is 2.67. The summed E-state index contributed by atoms with van der Waals surface area (Å²) in [5.74, 6) is -0.512. The van der Waals surface area contributed by atoms with Crippen LogP contribution in [0.15, 0.2) is 34.6 Å². The Bertz CT molecular complexity index is 566. The molecule has 4 N–H and O–H groups in total. The fourth-order valence-electron chi connectivity index (χ4n) is 1.32. The Morgan fingerprint density at radius 3 is 2.82 bits per heavy atom. The molecule has 1 heterocycles. The van der Waals surface area contributed by atoms with Crippen molar-refractivity contribution in [3.05, 3.63) is 30.1 Å². The van der Waals surface area contributed by atoms with Gasteiger partial charge in [0.25, 0.3) is 0 Å². The van der Waals surface area contributed by atoms with Crippen molar-refractivity contribution in [2.45, 2.75) is 10.1 Å². The van der Waals surface area contributed by atoms with Gasteiger partial charge in [-0.1, -0.05) is 6.07 Å². The van der Waals surface area contributed by atoms with Crippen LogP contribution in [0.2, 0.25) is 0 Å². The zero-order chi connectivity index (χ0) is 12.4. The molecular formula is C10H11N5OS. The third-order valence-electron chi connectivity index (χ3n) is 2.17. The monoisotopic (exact) mass is 249 g/mol. The molecule has 0 spiro atoms. The van der Waals surface area contributed by atoms with E-state index in [9.17, 15) is 4.79 Å². The quantitative estimate of drug-likeness (QED) is 0.778. The summed E-state index contributed by atoms with van der Waals surface area (Å²) < 4.78 is 1.74. The van der Waals surface area contributed by atoms with Crippen molar-refractivity contribution in [3.8, 4) is 0 Å². The largest absolute Gasteiger partial charge is 0.398 e. The van der Waals surface area contributed by atoms with Crippen LogP contribution in [-0.2, 0) is 7.05 Å². The van der Waals surface area contributed by atoms with Gasteiger partial charge in [-0.3, -0.25) is 4.79 Å². The van der Waals surface area contributed by atoms with Gasteiger partial charge in [-0.25, -0.2) is 0 Å². The number of carbonyl (C=O) groups is 1. The summed E-state index contributed by atoms with van der Waals surface area (Å²) in [6.45, 7) is 0. The molecule has 0 fully saturated rings. The fourth-order valence-corrected chi connectivity index (χ4v) is 2.25. The molecule has 0 radical (unpaired) electrons. The third kappa shape index (κ3) is 2.23. The summed E-state index contributed by atoms with van der Waals surface area (Å²) >= 11 is 1.27. The van der Waals surface area contributed by atoms with Crippen LogP contribution in [-0.4, -0.2) is 20.7 Å². The summed E-state index contributed by atoms with van der Waals surface area (Å²) in [5, 5.41) is 8.32. The van der Waals surface area contributed by atoms with Crippen LogP contribution in [0.25, 0.3) is 0 Å². The van der Waals surface area contributed by atoms with Crippen molar-refractivity contribution < 1.29 is 4.79 Å². The number of rotatable bonds is 3. The number of nitrogens with zero attached hydrogens (tertiary/aromatic N) is 3. The Kier molecular flexibility index (Phi) is 3.01. The lowest BCUT2D eigenvalue weighted by Gasteiger charge is -2.08. The Labute approximate surface area is 102 Å². The number of nitrogens with two attached hydrogens (primary N) is 2. The first-order valence-corrected chi connectivity index (χ1v) is 5.61. The highest BCUT2D eigenvalue weighted by atomic mass is 32.2. The molecule has 0 saturated carbocycles. The predicted octanol–water partition coefficient (Wildman–Crippen LogP) is 0.647.